The van der Waals surface area contributed by atoms with Crippen molar-refractivity contribution in [3.05, 3.63) is 18.0 Å². The van der Waals surface area contributed by atoms with E-state index in [1.54, 1.807) is 0 Å². The molecular weight excluding hydrogens is 186 g/mol. The number of hydrogen-bond acceptors (Lipinski definition) is 2. The number of aromatic nitrogens is 2. The third-order valence-corrected chi connectivity index (χ3v) is 2.90. The first-order valence-corrected chi connectivity index (χ1v) is 5.92. The van der Waals surface area contributed by atoms with E-state index in [1.807, 2.05) is 10.9 Å². The maximum atomic E-state index is 5.90. The molecule has 0 spiro atoms. The van der Waals surface area contributed by atoms with Crippen molar-refractivity contribution in [1.82, 2.24) is 9.78 Å². The van der Waals surface area contributed by atoms with Gasteiger partial charge in [0.2, 0.25) is 0 Å². The largest absolute Gasteiger partial charge is 0.327 e. The van der Waals surface area contributed by atoms with Gasteiger partial charge in [0, 0.05) is 18.8 Å². The fourth-order valence-corrected chi connectivity index (χ4v) is 1.51. The topological polar surface area (TPSA) is 43.8 Å². The molecule has 0 fully saturated rings. The first-order chi connectivity index (χ1) is 7.15. The van der Waals surface area contributed by atoms with E-state index in [1.165, 1.54) is 12.0 Å². The normalized spacial score (nSPS) is 15.2. The minimum atomic E-state index is 0.270. The zero-order chi connectivity index (χ0) is 11.3. The van der Waals surface area contributed by atoms with Crippen LogP contribution in [0.1, 0.15) is 39.2 Å². The standard InChI is InChI=1S/C12H23N3/c1-4-10(3)8-15-9-11(7-14-15)6-12(13)5-2/h7,9-10,12H,4-6,8,13H2,1-3H3. The highest BCUT2D eigenvalue weighted by Gasteiger charge is 2.05. The molecule has 1 aromatic heterocycles. The average Bonchev–Trinajstić information content (AvgIpc) is 2.65. The lowest BCUT2D eigenvalue weighted by Gasteiger charge is -2.08. The van der Waals surface area contributed by atoms with Gasteiger partial charge in [-0.3, -0.25) is 4.68 Å². The number of rotatable bonds is 6. The molecule has 1 aromatic rings. The molecule has 2 N–H and O–H groups in total. The Bertz CT molecular complexity index is 254. The van der Waals surface area contributed by atoms with E-state index in [0.29, 0.717) is 5.92 Å². The van der Waals surface area contributed by atoms with Crippen LogP contribution in [0.5, 0.6) is 0 Å². The fraction of sp³-hybridized carbons (Fsp3) is 0.750. The smallest absolute Gasteiger partial charge is 0.0522 e. The van der Waals surface area contributed by atoms with Crippen LogP contribution in [0.25, 0.3) is 0 Å². The molecule has 2 atom stereocenters. The van der Waals surface area contributed by atoms with Crippen molar-refractivity contribution >= 4 is 0 Å². The van der Waals surface area contributed by atoms with Gasteiger partial charge in [0.1, 0.15) is 0 Å². The van der Waals surface area contributed by atoms with Crippen LogP contribution >= 0.6 is 0 Å². The maximum absolute atomic E-state index is 5.90. The van der Waals surface area contributed by atoms with Gasteiger partial charge in [-0.2, -0.15) is 5.10 Å². The van der Waals surface area contributed by atoms with Gasteiger partial charge < -0.3 is 5.73 Å². The fourth-order valence-electron chi connectivity index (χ4n) is 1.51. The zero-order valence-corrected chi connectivity index (χ0v) is 10.1. The summed E-state index contributed by atoms with van der Waals surface area (Å²) in [5.41, 5.74) is 7.16. The molecule has 2 unspecified atom stereocenters. The summed E-state index contributed by atoms with van der Waals surface area (Å²) >= 11 is 0. The lowest BCUT2D eigenvalue weighted by Crippen LogP contribution is -2.21. The predicted molar refractivity (Wildman–Crippen MR) is 63.7 cm³/mol. The van der Waals surface area contributed by atoms with Crippen LogP contribution in [0.15, 0.2) is 12.4 Å². The molecule has 0 aliphatic rings. The van der Waals surface area contributed by atoms with Crippen molar-refractivity contribution in [2.75, 3.05) is 0 Å². The summed E-state index contributed by atoms with van der Waals surface area (Å²) in [6.45, 7) is 7.59. The second-order valence-electron chi connectivity index (χ2n) is 4.46. The summed E-state index contributed by atoms with van der Waals surface area (Å²) < 4.78 is 2.03. The Morgan fingerprint density at radius 1 is 1.40 bits per heavy atom. The molecule has 0 bridgehead atoms. The lowest BCUT2D eigenvalue weighted by molar-refractivity contribution is 0.438. The van der Waals surface area contributed by atoms with Crippen molar-refractivity contribution in [1.29, 1.82) is 0 Å². The SMILES string of the molecule is CCC(C)Cn1cc(CC(N)CC)cn1. The van der Waals surface area contributed by atoms with Gasteiger partial charge in [-0.1, -0.05) is 27.2 Å². The Morgan fingerprint density at radius 2 is 2.13 bits per heavy atom. The van der Waals surface area contributed by atoms with E-state index in [9.17, 15) is 0 Å². The highest BCUT2D eigenvalue weighted by atomic mass is 15.3. The van der Waals surface area contributed by atoms with Crippen LogP contribution in [0, 0.1) is 5.92 Å². The Morgan fingerprint density at radius 3 is 2.73 bits per heavy atom. The molecule has 0 saturated heterocycles. The van der Waals surface area contributed by atoms with E-state index in [0.717, 1.165) is 19.4 Å². The van der Waals surface area contributed by atoms with Crippen molar-refractivity contribution in [3.63, 3.8) is 0 Å². The molecule has 86 valence electrons. The van der Waals surface area contributed by atoms with Crippen LogP contribution in [-0.4, -0.2) is 15.8 Å². The molecule has 0 saturated carbocycles. The van der Waals surface area contributed by atoms with Crippen molar-refractivity contribution < 1.29 is 0 Å². The molecule has 15 heavy (non-hydrogen) atoms. The molecule has 1 rings (SSSR count). The summed E-state index contributed by atoms with van der Waals surface area (Å²) in [6.07, 6.45) is 7.23. The van der Waals surface area contributed by atoms with Crippen molar-refractivity contribution in [3.8, 4) is 0 Å². The first kappa shape index (κ1) is 12.2. The lowest BCUT2D eigenvalue weighted by atomic mass is 10.1. The van der Waals surface area contributed by atoms with Crippen molar-refractivity contribution in [2.45, 2.75) is 52.6 Å². The monoisotopic (exact) mass is 209 g/mol. The van der Waals surface area contributed by atoms with Crippen LogP contribution < -0.4 is 5.73 Å². The van der Waals surface area contributed by atoms with Crippen LogP contribution in [-0.2, 0) is 13.0 Å². The van der Waals surface area contributed by atoms with Gasteiger partial charge in [0.25, 0.3) is 0 Å². The molecule has 1 heterocycles. The summed E-state index contributed by atoms with van der Waals surface area (Å²) in [6, 6.07) is 0.270. The van der Waals surface area contributed by atoms with E-state index in [2.05, 4.69) is 32.1 Å². The predicted octanol–water partition coefficient (Wildman–Crippen LogP) is 2.21. The molecule has 0 amide bonds. The number of nitrogens with two attached hydrogens (primary N) is 1. The molecule has 0 aliphatic heterocycles. The van der Waals surface area contributed by atoms with Crippen LogP contribution in [0.4, 0.5) is 0 Å². The summed E-state index contributed by atoms with van der Waals surface area (Å²) in [4.78, 5) is 0. The molecule has 0 radical (unpaired) electrons. The van der Waals surface area contributed by atoms with E-state index in [-0.39, 0.29) is 6.04 Å². The van der Waals surface area contributed by atoms with Gasteiger partial charge >= 0.3 is 0 Å². The summed E-state index contributed by atoms with van der Waals surface area (Å²) in [5.74, 6) is 0.692. The molecule has 0 aliphatic carbocycles. The van der Waals surface area contributed by atoms with Gasteiger partial charge in [-0.05, 0) is 24.3 Å². The molecule has 3 heteroatoms. The Balaban J connectivity index is 2.49. The minimum Gasteiger partial charge on any atom is -0.327 e. The van der Waals surface area contributed by atoms with E-state index >= 15 is 0 Å². The molecule has 0 aromatic carbocycles. The third kappa shape index (κ3) is 4.04. The highest BCUT2D eigenvalue weighted by molar-refractivity contribution is 5.05. The third-order valence-electron chi connectivity index (χ3n) is 2.90. The van der Waals surface area contributed by atoms with Crippen LogP contribution in [0.2, 0.25) is 0 Å². The minimum absolute atomic E-state index is 0.270. The first-order valence-electron chi connectivity index (χ1n) is 5.92. The highest BCUT2D eigenvalue weighted by Crippen LogP contribution is 2.07. The average molecular weight is 209 g/mol. The molecule has 3 nitrogen and oxygen atoms in total. The quantitative estimate of drug-likeness (QED) is 0.780. The van der Waals surface area contributed by atoms with Gasteiger partial charge in [0.15, 0.2) is 0 Å². The van der Waals surface area contributed by atoms with Gasteiger partial charge in [-0.15, -0.1) is 0 Å². The van der Waals surface area contributed by atoms with Crippen molar-refractivity contribution in [2.24, 2.45) is 11.7 Å². The second kappa shape index (κ2) is 5.91. The second-order valence-corrected chi connectivity index (χ2v) is 4.46. The van der Waals surface area contributed by atoms with E-state index in [4.69, 9.17) is 5.73 Å². The Hall–Kier alpha value is -0.830. The number of hydrogen-bond donors (Lipinski definition) is 1. The Kier molecular flexibility index (Phi) is 4.82. The van der Waals surface area contributed by atoms with Gasteiger partial charge in [-0.25, -0.2) is 0 Å². The van der Waals surface area contributed by atoms with E-state index < -0.39 is 0 Å². The maximum Gasteiger partial charge on any atom is 0.0522 e. The Labute approximate surface area is 92.7 Å². The van der Waals surface area contributed by atoms with Crippen LogP contribution in [0.3, 0.4) is 0 Å². The van der Waals surface area contributed by atoms with Gasteiger partial charge in [0.05, 0.1) is 6.20 Å². The molecular formula is C12H23N3. The zero-order valence-electron chi connectivity index (χ0n) is 10.1. The summed E-state index contributed by atoms with van der Waals surface area (Å²) in [5, 5.41) is 4.35. The summed E-state index contributed by atoms with van der Waals surface area (Å²) in [7, 11) is 0. The number of nitrogens with zero attached hydrogens (tertiary/aromatic N) is 2.